The Hall–Kier alpha value is -3.34. The Bertz CT molecular complexity index is 2030. The number of sulfone groups is 1. The number of nitrogens with one attached hydrogen (secondary N) is 1. The van der Waals surface area contributed by atoms with Crippen molar-refractivity contribution in [2.45, 2.75) is 24.4 Å². The van der Waals surface area contributed by atoms with Crippen molar-refractivity contribution in [1.82, 2.24) is 4.98 Å². The number of carboxylic acid groups (broad SMARTS) is 1. The topological polar surface area (TPSA) is 87.2 Å². The standard InChI is InChI=1S/C26H23NO4S2/c1-17-3-6-19(7-4-17)8-9-22-10-12-25(32-22)33(30,31)16-21(26(28)29)14-20-15-27-24-11-5-18(2)13-23(20)24/h3-7,10-13,15,21,27H,14,16H2,1-2H3,(H,28,29)/t21-/m0/s1/i3D,4D,5D,6D,7D,11D,13D,14D2,15D,21D. The second kappa shape index (κ2) is 9.26. The molecular weight excluding hydrogens is 454 g/mol. The largest absolute Gasteiger partial charge is 0.481 e. The van der Waals surface area contributed by atoms with Gasteiger partial charge in [-0.1, -0.05) is 41.1 Å². The van der Waals surface area contributed by atoms with E-state index in [-0.39, 0.29) is 57.3 Å². The summed E-state index contributed by atoms with van der Waals surface area (Å²) in [7, 11) is -4.71. The molecule has 0 spiro atoms. The number of thiophene rings is 1. The molecule has 2 aromatic carbocycles. The Kier molecular flexibility index (Phi) is 3.59. The number of fused-ring (bicyclic) bond motifs is 1. The minimum absolute atomic E-state index is 0.0529. The first kappa shape index (κ1) is 12.8. The van der Waals surface area contributed by atoms with Crippen LogP contribution in [-0.2, 0) is 21.0 Å². The van der Waals surface area contributed by atoms with Crippen molar-refractivity contribution in [2.24, 2.45) is 5.89 Å². The van der Waals surface area contributed by atoms with Gasteiger partial charge in [0.15, 0.2) is 9.84 Å². The molecule has 0 fully saturated rings. The SMILES string of the molecule is [2H]c1[nH]c2c([2H])c([2H])c(C)c([2H])c2c1C([2H])([2H])[C@@]([2H])(CS(=O)(=O)c1ccc(C#Cc2c([2H])c([2H])c(C)c([2H])c2[2H])s1)C(=O)O. The van der Waals surface area contributed by atoms with Gasteiger partial charge in [-0.25, -0.2) is 8.42 Å². The van der Waals surface area contributed by atoms with Crippen LogP contribution in [0.5, 0.6) is 0 Å². The molecular formula is C26H23NO4S2. The highest BCUT2D eigenvalue weighted by Gasteiger charge is 2.28. The number of aliphatic carboxylic acids is 1. The summed E-state index contributed by atoms with van der Waals surface area (Å²) in [6, 6.07) is -0.313. The average Bonchev–Trinajstić information content (AvgIpc) is 3.58. The number of aromatic amines is 1. The fraction of sp³-hybridized carbons (Fsp3) is 0.192. The molecule has 4 rings (SSSR count). The Balaban J connectivity index is 1.78. The molecule has 0 aliphatic carbocycles. The third kappa shape index (κ3) is 5.36. The lowest BCUT2D eigenvalue weighted by Gasteiger charge is -2.12. The van der Waals surface area contributed by atoms with E-state index in [9.17, 15) is 18.3 Å². The van der Waals surface area contributed by atoms with E-state index in [4.69, 9.17) is 15.1 Å². The van der Waals surface area contributed by atoms with E-state index >= 15 is 0 Å². The summed E-state index contributed by atoms with van der Waals surface area (Å²) in [6.45, 7) is 2.74. The van der Waals surface area contributed by atoms with Crippen molar-refractivity contribution < 1.29 is 33.4 Å². The number of hydrogen-bond acceptors (Lipinski definition) is 4. The number of aromatic nitrogens is 1. The molecule has 1 atom stereocenters. The highest BCUT2D eigenvalue weighted by atomic mass is 32.2. The fourth-order valence-corrected chi connectivity index (χ4v) is 5.28. The van der Waals surface area contributed by atoms with Crippen LogP contribution in [0.2, 0.25) is 0 Å². The number of benzene rings is 2. The molecule has 0 radical (unpaired) electrons. The molecule has 2 N–H and O–H groups in total. The van der Waals surface area contributed by atoms with E-state index in [1.165, 1.54) is 19.9 Å². The summed E-state index contributed by atoms with van der Waals surface area (Å²) in [5, 5.41) is 9.64. The maximum absolute atomic E-state index is 13.4. The van der Waals surface area contributed by atoms with Crippen molar-refractivity contribution >= 4 is 38.0 Å². The Morgan fingerprint density at radius 3 is 2.64 bits per heavy atom. The van der Waals surface area contributed by atoms with E-state index in [1.807, 2.05) is 0 Å². The monoisotopic (exact) mass is 488 g/mol. The van der Waals surface area contributed by atoms with E-state index < -0.39 is 67.2 Å². The van der Waals surface area contributed by atoms with Gasteiger partial charge in [0.25, 0.3) is 0 Å². The van der Waals surface area contributed by atoms with Crippen LogP contribution in [0.25, 0.3) is 10.9 Å². The van der Waals surface area contributed by atoms with Crippen LogP contribution in [0.3, 0.4) is 0 Å². The fourth-order valence-electron chi connectivity index (χ4n) is 2.74. The quantitative estimate of drug-likeness (QED) is 0.376. The second-order valence-corrected chi connectivity index (χ2v) is 10.2. The highest BCUT2D eigenvalue weighted by molar-refractivity contribution is 7.93. The molecule has 168 valence electrons. The first-order valence-corrected chi connectivity index (χ1v) is 11.9. The summed E-state index contributed by atoms with van der Waals surface area (Å²) in [6.07, 6.45) is -4.17. The molecule has 5 nitrogen and oxygen atoms in total. The molecule has 0 unspecified atom stereocenters. The minimum Gasteiger partial charge on any atom is -0.481 e. The first-order chi connectivity index (χ1) is 20.2. The molecule has 0 aliphatic rings. The second-order valence-electron chi connectivity index (χ2n) is 6.91. The summed E-state index contributed by atoms with van der Waals surface area (Å²) in [4.78, 5) is 14.9. The van der Waals surface area contributed by atoms with Crippen molar-refractivity contribution in [3.05, 3.63) is 87.7 Å². The van der Waals surface area contributed by atoms with Gasteiger partial charge >= 0.3 is 5.97 Å². The zero-order valence-electron chi connectivity index (χ0n) is 28.4. The van der Waals surface area contributed by atoms with Crippen LogP contribution in [0.15, 0.2) is 64.8 Å². The van der Waals surface area contributed by atoms with Gasteiger partial charge in [-0.3, -0.25) is 4.79 Å². The summed E-state index contributed by atoms with van der Waals surface area (Å²) >= 11 is 0.561. The first-order valence-electron chi connectivity index (χ1n) is 14.9. The molecule has 7 heteroatoms. The third-order valence-corrected chi connectivity index (χ3v) is 7.54. The van der Waals surface area contributed by atoms with Gasteiger partial charge in [0.2, 0.25) is 0 Å². The van der Waals surface area contributed by atoms with Crippen LogP contribution in [0.1, 0.15) is 42.2 Å². The van der Waals surface area contributed by atoms with Gasteiger partial charge in [0.1, 0.15) is 4.21 Å². The van der Waals surface area contributed by atoms with E-state index in [0.717, 1.165) is 6.07 Å². The number of rotatable bonds is 6. The number of carbonyl (C=O) groups is 1. The molecule has 0 aliphatic heterocycles. The predicted octanol–water partition coefficient (Wildman–Crippen LogP) is 4.96. The van der Waals surface area contributed by atoms with Crippen molar-refractivity contribution in [1.29, 1.82) is 0 Å². The normalized spacial score (nSPS) is 18.4. The zero-order valence-corrected chi connectivity index (χ0v) is 19.0. The van der Waals surface area contributed by atoms with Gasteiger partial charge < -0.3 is 10.1 Å². The molecule has 4 aromatic rings. The lowest BCUT2D eigenvalue weighted by atomic mass is 10.00. The van der Waals surface area contributed by atoms with Gasteiger partial charge in [-0.15, -0.1) is 11.3 Å². The zero-order chi connectivity index (χ0) is 33.3. The van der Waals surface area contributed by atoms with Gasteiger partial charge in [-0.2, -0.15) is 0 Å². The highest BCUT2D eigenvalue weighted by Crippen LogP contribution is 2.27. The summed E-state index contributed by atoms with van der Waals surface area (Å²) < 4.78 is 117. The van der Waals surface area contributed by atoms with E-state index in [2.05, 4.69) is 16.8 Å². The molecule has 33 heavy (non-hydrogen) atoms. The van der Waals surface area contributed by atoms with Crippen molar-refractivity contribution in [3.8, 4) is 11.8 Å². The molecule has 0 amide bonds. The molecule has 0 bridgehead atoms. The molecule has 0 saturated heterocycles. The van der Waals surface area contributed by atoms with Crippen molar-refractivity contribution in [2.75, 3.05) is 5.75 Å². The Morgan fingerprint density at radius 1 is 1.18 bits per heavy atom. The van der Waals surface area contributed by atoms with Crippen LogP contribution >= 0.6 is 11.3 Å². The number of carboxylic acids is 1. The van der Waals surface area contributed by atoms with Crippen LogP contribution < -0.4 is 0 Å². The van der Waals surface area contributed by atoms with E-state index in [1.54, 1.807) is 0 Å². The Labute approximate surface area is 212 Å². The Morgan fingerprint density at radius 2 is 1.91 bits per heavy atom. The van der Waals surface area contributed by atoms with Crippen LogP contribution in [0.4, 0.5) is 0 Å². The smallest absolute Gasteiger partial charge is 0.307 e. The van der Waals surface area contributed by atoms with Crippen LogP contribution in [0, 0.1) is 31.6 Å². The van der Waals surface area contributed by atoms with Crippen LogP contribution in [-0.4, -0.2) is 30.2 Å². The van der Waals surface area contributed by atoms with Gasteiger partial charge in [0, 0.05) is 26.8 Å². The van der Waals surface area contributed by atoms with Gasteiger partial charge in [-0.05, 0) is 62.1 Å². The maximum atomic E-state index is 13.4. The van der Waals surface area contributed by atoms with Crippen molar-refractivity contribution in [3.63, 3.8) is 0 Å². The minimum atomic E-state index is -4.71. The summed E-state index contributed by atoms with van der Waals surface area (Å²) in [5.74, 6) is -2.12. The summed E-state index contributed by atoms with van der Waals surface area (Å²) in [5.41, 5.74) is -1.22. The van der Waals surface area contributed by atoms with E-state index in [0.29, 0.717) is 11.3 Å². The number of H-pyrrole nitrogens is 1. The molecule has 2 heterocycles. The molecule has 2 aromatic heterocycles. The lowest BCUT2D eigenvalue weighted by Crippen LogP contribution is -2.25. The number of hydrogen-bond donors (Lipinski definition) is 2. The predicted molar refractivity (Wildman–Crippen MR) is 131 cm³/mol. The van der Waals surface area contributed by atoms with Gasteiger partial charge in [0.05, 0.1) is 27.5 Å². The lowest BCUT2D eigenvalue weighted by molar-refractivity contribution is -0.140. The average molecular weight is 489 g/mol. The third-order valence-electron chi connectivity index (χ3n) is 4.32. The molecule has 0 saturated carbocycles. The maximum Gasteiger partial charge on any atom is 0.307 e.